The molecule has 0 saturated heterocycles. The summed E-state index contributed by atoms with van der Waals surface area (Å²) >= 11 is 0. The Bertz CT molecular complexity index is 640. The first-order chi connectivity index (χ1) is 11.3. The minimum atomic E-state index is 0.339. The van der Waals surface area contributed by atoms with Gasteiger partial charge >= 0.3 is 0 Å². The van der Waals surface area contributed by atoms with Crippen molar-refractivity contribution in [3.63, 3.8) is 0 Å². The van der Waals surface area contributed by atoms with Gasteiger partial charge in [-0.25, -0.2) is 0 Å². The van der Waals surface area contributed by atoms with E-state index in [1.54, 1.807) is 32.4 Å². The van der Waals surface area contributed by atoms with E-state index in [0.717, 1.165) is 11.5 Å². The van der Waals surface area contributed by atoms with E-state index < -0.39 is 0 Å². The third kappa shape index (κ3) is 4.81. The molecule has 0 unspecified atom stereocenters. The molecular weight excluding hydrogens is 298 g/mol. The van der Waals surface area contributed by atoms with Crippen LogP contribution in [0.1, 0.15) is 5.56 Å². The number of nitrogens with zero attached hydrogens (tertiary/aromatic N) is 1. The number of hydrogen-bond donors (Lipinski definition) is 1. The Hall–Kier alpha value is -2.89. The van der Waals surface area contributed by atoms with Crippen LogP contribution in [0.25, 0.3) is 0 Å². The van der Waals surface area contributed by atoms with Gasteiger partial charge in [-0.1, -0.05) is 5.16 Å². The van der Waals surface area contributed by atoms with Crippen molar-refractivity contribution in [2.24, 2.45) is 5.16 Å². The summed E-state index contributed by atoms with van der Waals surface area (Å²) in [5.41, 5.74) is 0.651. The smallest absolute Gasteiger partial charge is 0.132 e. The van der Waals surface area contributed by atoms with Crippen molar-refractivity contribution in [2.75, 3.05) is 27.4 Å². The lowest BCUT2D eigenvalue weighted by atomic mass is 10.2. The second kappa shape index (κ2) is 8.53. The molecule has 0 aromatic heterocycles. The molecule has 2 aromatic carbocycles. The normalized spacial score (nSPS) is 10.5. The molecule has 2 rings (SSSR count). The highest BCUT2D eigenvalue weighted by atomic mass is 16.5. The van der Waals surface area contributed by atoms with E-state index in [2.05, 4.69) is 5.16 Å². The number of ether oxygens (including phenoxy) is 4. The van der Waals surface area contributed by atoms with Crippen LogP contribution in [-0.4, -0.2) is 38.9 Å². The topological polar surface area (TPSA) is 69.5 Å². The average Bonchev–Trinajstić information content (AvgIpc) is 2.60. The number of hydrogen-bond acceptors (Lipinski definition) is 6. The van der Waals surface area contributed by atoms with E-state index in [4.69, 9.17) is 24.2 Å². The molecule has 2 aromatic rings. The fourth-order valence-electron chi connectivity index (χ4n) is 1.92. The molecule has 0 spiro atoms. The first-order valence-electron chi connectivity index (χ1n) is 7.02. The van der Waals surface area contributed by atoms with Crippen molar-refractivity contribution < 1.29 is 24.2 Å². The van der Waals surface area contributed by atoms with E-state index in [0.29, 0.717) is 30.3 Å². The molecule has 0 saturated carbocycles. The molecule has 0 aliphatic rings. The van der Waals surface area contributed by atoms with E-state index in [1.165, 1.54) is 6.21 Å². The maximum absolute atomic E-state index is 8.68. The second-order valence-electron chi connectivity index (χ2n) is 4.52. The van der Waals surface area contributed by atoms with Crippen molar-refractivity contribution in [3.05, 3.63) is 48.0 Å². The zero-order chi connectivity index (χ0) is 16.5. The molecule has 0 aliphatic heterocycles. The summed E-state index contributed by atoms with van der Waals surface area (Å²) in [7, 11) is 3.19. The highest BCUT2D eigenvalue weighted by Crippen LogP contribution is 2.24. The predicted octanol–water partition coefficient (Wildman–Crippen LogP) is 2.97. The monoisotopic (exact) mass is 317 g/mol. The van der Waals surface area contributed by atoms with Gasteiger partial charge in [0.25, 0.3) is 0 Å². The van der Waals surface area contributed by atoms with Crippen molar-refractivity contribution in [3.8, 4) is 23.0 Å². The van der Waals surface area contributed by atoms with Crippen LogP contribution in [-0.2, 0) is 0 Å². The van der Waals surface area contributed by atoms with Crippen LogP contribution in [0.3, 0.4) is 0 Å². The van der Waals surface area contributed by atoms with Gasteiger partial charge in [0.2, 0.25) is 0 Å². The Morgan fingerprint density at radius 1 is 0.870 bits per heavy atom. The second-order valence-corrected chi connectivity index (χ2v) is 4.52. The summed E-state index contributed by atoms with van der Waals surface area (Å²) in [6.07, 6.45) is 1.30. The molecular formula is C17H19NO5. The van der Waals surface area contributed by atoms with Crippen LogP contribution in [0.4, 0.5) is 0 Å². The first-order valence-corrected chi connectivity index (χ1v) is 7.02. The van der Waals surface area contributed by atoms with Crippen molar-refractivity contribution in [1.82, 2.24) is 0 Å². The molecule has 0 fully saturated rings. The molecule has 23 heavy (non-hydrogen) atoms. The fraction of sp³-hybridized carbons (Fsp3) is 0.235. The molecule has 6 heteroatoms. The Morgan fingerprint density at radius 3 is 2.13 bits per heavy atom. The largest absolute Gasteiger partial charge is 0.497 e. The molecule has 0 radical (unpaired) electrons. The van der Waals surface area contributed by atoms with E-state index >= 15 is 0 Å². The van der Waals surface area contributed by atoms with E-state index in [1.807, 2.05) is 24.3 Å². The quantitative estimate of drug-likeness (QED) is 0.351. The minimum Gasteiger partial charge on any atom is -0.497 e. The molecule has 0 amide bonds. The van der Waals surface area contributed by atoms with Crippen LogP contribution in [0, 0.1) is 0 Å². The number of oxime groups is 1. The molecule has 0 aliphatic carbocycles. The third-order valence-corrected chi connectivity index (χ3v) is 3.09. The summed E-state index contributed by atoms with van der Waals surface area (Å²) in [6, 6.07) is 12.5. The molecule has 0 atom stereocenters. The Morgan fingerprint density at radius 2 is 1.48 bits per heavy atom. The van der Waals surface area contributed by atoms with Crippen molar-refractivity contribution in [1.29, 1.82) is 0 Å². The van der Waals surface area contributed by atoms with Gasteiger partial charge in [-0.2, -0.15) is 0 Å². The lowest BCUT2D eigenvalue weighted by Crippen LogP contribution is -2.10. The molecule has 0 bridgehead atoms. The van der Waals surface area contributed by atoms with Crippen LogP contribution in [0.2, 0.25) is 0 Å². The van der Waals surface area contributed by atoms with Gasteiger partial charge in [0, 0.05) is 11.6 Å². The highest BCUT2D eigenvalue weighted by Gasteiger charge is 2.05. The lowest BCUT2D eigenvalue weighted by molar-refractivity contribution is 0.216. The zero-order valence-electron chi connectivity index (χ0n) is 13.1. The maximum atomic E-state index is 8.68. The Kier molecular flexibility index (Phi) is 6.11. The molecule has 0 heterocycles. The van der Waals surface area contributed by atoms with Crippen LogP contribution in [0.15, 0.2) is 47.6 Å². The highest BCUT2D eigenvalue weighted by molar-refractivity contribution is 5.83. The number of benzene rings is 2. The fourth-order valence-corrected chi connectivity index (χ4v) is 1.92. The summed E-state index contributed by atoms with van der Waals surface area (Å²) < 4.78 is 21.5. The number of rotatable bonds is 8. The minimum absolute atomic E-state index is 0.339. The molecule has 122 valence electrons. The van der Waals surface area contributed by atoms with Crippen molar-refractivity contribution >= 4 is 6.21 Å². The van der Waals surface area contributed by atoms with Gasteiger partial charge in [-0.15, -0.1) is 0 Å². The van der Waals surface area contributed by atoms with Crippen LogP contribution in [0.5, 0.6) is 23.0 Å². The first kappa shape index (κ1) is 16.5. The molecule has 6 nitrogen and oxygen atoms in total. The summed E-state index contributed by atoms with van der Waals surface area (Å²) in [5, 5.41) is 11.7. The predicted molar refractivity (Wildman–Crippen MR) is 86.4 cm³/mol. The van der Waals surface area contributed by atoms with E-state index in [-0.39, 0.29) is 0 Å². The Balaban J connectivity index is 1.89. The van der Waals surface area contributed by atoms with E-state index in [9.17, 15) is 0 Å². The van der Waals surface area contributed by atoms with Crippen molar-refractivity contribution in [2.45, 2.75) is 0 Å². The maximum Gasteiger partial charge on any atom is 0.132 e. The van der Waals surface area contributed by atoms with Gasteiger partial charge in [0.1, 0.15) is 36.2 Å². The van der Waals surface area contributed by atoms with Crippen LogP contribution < -0.4 is 18.9 Å². The lowest BCUT2D eigenvalue weighted by Gasteiger charge is -2.11. The third-order valence-electron chi connectivity index (χ3n) is 3.09. The zero-order valence-corrected chi connectivity index (χ0v) is 13.1. The number of methoxy groups -OCH3 is 2. The van der Waals surface area contributed by atoms with Crippen LogP contribution >= 0.6 is 0 Å². The SMILES string of the molecule is COc1ccc(OCCOc2cc(OC)ccc2C=NO)cc1. The van der Waals surface area contributed by atoms with Gasteiger partial charge in [-0.3, -0.25) is 0 Å². The van der Waals surface area contributed by atoms with Gasteiger partial charge in [0.15, 0.2) is 0 Å². The summed E-state index contributed by atoms with van der Waals surface area (Å²) in [4.78, 5) is 0. The van der Waals surface area contributed by atoms with Gasteiger partial charge < -0.3 is 24.2 Å². The molecule has 1 N–H and O–H groups in total. The summed E-state index contributed by atoms with van der Waals surface area (Å²) in [5.74, 6) is 2.72. The summed E-state index contributed by atoms with van der Waals surface area (Å²) in [6.45, 7) is 0.713. The average molecular weight is 317 g/mol. The van der Waals surface area contributed by atoms with Gasteiger partial charge in [-0.05, 0) is 36.4 Å². The Labute approximate surface area is 134 Å². The van der Waals surface area contributed by atoms with Gasteiger partial charge in [0.05, 0.1) is 20.4 Å². The standard InChI is InChI=1S/C17H19NO5/c1-20-14-5-7-15(8-6-14)22-9-10-23-17-11-16(21-2)4-3-13(17)12-18-19/h3-8,11-12,19H,9-10H2,1-2H3.